The average Bonchev–Trinajstić information content (AvgIpc) is 2.80. The zero-order chi connectivity index (χ0) is 11.5. The van der Waals surface area contributed by atoms with E-state index in [-0.39, 0.29) is 5.91 Å². The lowest BCUT2D eigenvalue weighted by Gasteiger charge is -2.16. The molecule has 0 N–H and O–H groups in total. The Morgan fingerprint density at radius 1 is 1.25 bits per heavy atom. The SMILES string of the molecule is COc1cc(C)cc(C(=O)N2CCCC2)c1. The van der Waals surface area contributed by atoms with Crippen molar-refractivity contribution in [2.75, 3.05) is 20.2 Å². The highest BCUT2D eigenvalue weighted by Gasteiger charge is 2.19. The molecule has 0 spiro atoms. The van der Waals surface area contributed by atoms with Gasteiger partial charge in [0.05, 0.1) is 7.11 Å². The number of carbonyl (C=O) groups excluding carboxylic acids is 1. The Morgan fingerprint density at radius 3 is 2.56 bits per heavy atom. The second-order valence-corrected chi connectivity index (χ2v) is 4.24. The normalized spacial score (nSPS) is 15.2. The minimum atomic E-state index is 0.125. The molecule has 0 saturated carbocycles. The minimum Gasteiger partial charge on any atom is -0.497 e. The Bertz CT molecular complexity index is 395. The second kappa shape index (κ2) is 4.56. The number of carbonyl (C=O) groups is 1. The summed E-state index contributed by atoms with van der Waals surface area (Å²) < 4.78 is 5.18. The van der Waals surface area contributed by atoms with Crippen molar-refractivity contribution in [1.29, 1.82) is 0 Å². The molecule has 1 aromatic rings. The molecule has 1 fully saturated rings. The maximum Gasteiger partial charge on any atom is 0.253 e. The summed E-state index contributed by atoms with van der Waals surface area (Å²) in [5.41, 5.74) is 1.79. The first-order chi connectivity index (χ1) is 7.70. The van der Waals surface area contributed by atoms with Crippen molar-refractivity contribution in [2.45, 2.75) is 19.8 Å². The van der Waals surface area contributed by atoms with E-state index in [9.17, 15) is 4.79 Å². The Kier molecular flexibility index (Phi) is 3.13. The van der Waals surface area contributed by atoms with Crippen molar-refractivity contribution in [1.82, 2.24) is 4.90 Å². The summed E-state index contributed by atoms with van der Waals surface area (Å²) in [6, 6.07) is 5.66. The molecule has 2 rings (SSSR count). The summed E-state index contributed by atoms with van der Waals surface area (Å²) in [4.78, 5) is 14.0. The molecule has 16 heavy (non-hydrogen) atoms. The van der Waals surface area contributed by atoms with Crippen molar-refractivity contribution in [3.05, 3.63) is 29.3 Å². The fraction of sp³-hybridized carbons (Fsp3) is 0.462. The zero-order valence-corrected chi connectivity index (χ0v) is 9.82. The van der Waals surface area contributed by atoms with Crippen molar-refractivity contribution in [2.24, 2.45) is 0 Å². The smallest absolute Gasteiger partial charge is 0.253 e. The molecule has 1 heterocycles. The summed E-state index contributed by atoms with van der Waals surface area (Å²) in [5, 5.41) is 0. The van der Waals surface area contributed by atoms with Crippen LogP contribution < -0.4 is 4.74 Å². The Hall–Kier alpha value is -1.51. The van der Waals surface area contributed by atoms with Gasteiger partial charge in [0.1, 0.15) is 5.75 Å². The highest BCUT2D eigenvalue weighted by Crippen LogP contribution is 2.19. The molecule has 3 heteroatoms. The number of benzene rings is 1. The summed E-state index contributed by atoms with van der Waals surface area (Å²) in [6.07, 6.45) is 2.24. The van der Waals surface area contributed by atoms with Crippen LogP contribution in [0.2, 0.25) is 0 Å². The molecule has 86 valence electrons. The predicted octanol–water partition coefficient (Wildman–Crippen LogP) is 2.24. The first-order valence-corrected chi connectivity index (χ1v) is 5.65. The first kappa shape index (κ1) is 11.0. The van der Waals surface area contributed by atoms with Crippen molar-refractivity contribution in [3.63, 3.8) is 0 Å². The van der Waals surface area contributed by atoms with Crippen molar-refractivity contribution < 1.29 is 9.53 Å². The van der Waals surface area contributed by atoms with Crippen LogP contribution in [-0.2, 0) is 0 Å². The van der Waals surface area contributed by atoms with E-state index in [0.29, 0.717) is 0 Å². The van der Waals surface area contributed by atoms with E-state index in [0.717, 1.165) is 42.8 Å². The van der Waals surface area contributed by atoms with Crippen LogP contribution in [0.25, 0.3) is 0 Å². The molecule has 1 aliphatic rings. The standard InChI is InChI=1S/C13H17NO2/c1-10-7-11(9-12(8-10)16-2)13(15)14-5-3-4-6-14/h7-9H,3-6H2,1-2H3. The second-order valence-electron chi connectivity index (χ2n) is 4.24. The molecule has 0 aliphatic carbocycles. The quantitative estimate of drug-likeness (QED) is 0.763. The third-order valence-electron chi connectivity index (χ3n) is 2.93. The third kappa shape index (κ3) is 2.18. The number of hydrogen-bond acceptors (Lipinski definition) is 2. The van der Waals surface area contributed by atoms with Crippen LogP contribution in [0.3, 0.4) is 0 Å². The third-order valence-corrected chi connectivity index (χ3v) is 2.93. The van der Waals surface area contributed by atoms with E-state index >= 15 is 0 Å². The number of nitrogens with zero attached hydrogens (tertiary/aromatic N) is 1. The van der Waals surface area contributed by atoms with Gasteiger partial charge in [-0.15, -0.1) is 0 Å². The molecule has 1 saturated heterocycles. The lowest BCUT2D eigenvalue weighted by molar-refractivity contribution is 0.0792. The first-order valence-electron chi connectivity index (χ1n) is 5.65. The molecular weight excluding hydrogens is 202 g/mol. The maximum absolute atomic E-state index is 12.1. The van der Waals surface area contributed by atoms with Gasteiger partial charge in [-0.3, -0.25) is 4.79 Å². The van der Waals surface area contributed by atoms with E-state index in [1.165, 1.54) is 0 Å². The van der Waals surface area contributed by atoms with Gasteiger partial charge < -0.3 is 9.64 Å². The van der Waals surface area contributed by atoms with Crippen LogP contribution in [0.1, 0.15) is 28.8 Å². The highest BCUT2D eigenvalue weighted by molar-refractivity contribution is 5.95. The number of aryl methyl sites for hydroxylation is 1. The van der Waals surface area contributed by atoms with E-state index in [1.54, 1.807) is 7.11 Å². The van der Waals surface area contributed by atoms with E-state index in [1.807, 2.05) is 30.0 Å². The van der Waals surface area contributed by atoms with Gasteiger partial charge in [-0.2, -0.15) is 0 Å². The lowest BCUT2D eigenvalue weighted by Crippen LogP contribution is -2.27. The van der Waals surface area contributed by atoms with Crippen molar-refractivity contribution in [3.8, 4) is 5.75 Å². The number of ether oxygens (including phenoxy) is 1. The Labute approximate surface area is 96.0 Å². The fourth-order valence-corrected chi connectivity index (χ4v) is 2.09. The van der Waals surface area contributed by atoms with Crippen LogP contribution in [0, 0.1) is 6.92 Å². The number of hydrogen-bond donors (Lipinski definition) is 0. The van der Waals surface area contributed by atoms with Gasteiger partial charge in [0.25, 0.3) is 5.91 Å². The number of likely N-dealkylation sites (tertiary alicyclic amines) is 1. The van der Waals surface area contributed by atoms with Crippen LogP contribution in [-0.4, -0.2) is 31.0 Å². The topological polar surface area (TPSA) is 29.5 Å². The Morgan fingerprint density at radius 2 is 1.94 bits per heavy atom. The monoisotopic (exact) mass is 219 g/mol. The predicted molar refractivity (Wildman–Crippen MR) is 62.9 cm³/mol. The minimum absolute atomic E-state index is 0.125. The molecule has 0 unspecified atom stereocenters. The van der Waals surface area contributed by atoms with Crippen LogP contribution in [0.15, 0.2) is 18.2 Å². The summed E-state index contributed by atoms with van der Waals surface area (Å²) in [7, 11) is 1.62. The van der Waals surface area contributed by atoms with Crippen LogP contribution in [0.4, 0.5) is 0 Å². The van der Waals surface area contributed by atoms with E-state index in [2.05, 4.69) is 0 Å². The molecule has 0 radical (unpaired) electrons. The lowest BCUT2D eigenvalue weighted by atomic mass is 10.1. The Balaban J connectivity index is 2.24. The number of amides is 1. The largest absolute Gasteiger partial charge is 0.497 e. The summed E-state index contributed by atoms with van der Waals surface area (Å²) in [5.74, 6) is 0.877. The molecule has 1 amide bonds. The molecule has 0 bridgehead atoms. The van der Waals surface area contributed by atoms with Gasteiger partial charge in [0.2, 0.25) is 0 Å². The van der Waals surface area contributed by atoms with E-state index in [4.69, 9.17) is 4.74 Å². The molecule has 1 aromatic carbocycles. The highest BCUT2D eigenvalue weighted by atomic mass is 16.5. The molecule has 0 aromatic heterocycles. The van der Waals surface area contributed by atoms with Gasteiger partial charge in [0.15, 0.2) is 0 Å². The van der Waals surface area contributed by atoms with Crippen LogP contribution in [0.5, 0.6) is 5.75 Å². The van der Waals surface area contributed by atoms with Gasteiger partial charge in [-0.1, -0.05) is 0 Å². The summed E-state index contributed by atoms with van der Waals surface area (Å²) >= 11 is 0. The fourth-order valence-electron chi connectivity index (χ4n) is 2.09. The van der Waals surface area contributed by atoms with Crippen molar-refractivity contribution >= 4 is 5.91 Å². The molecule has 1 aliphatic heterocycles. The van der Waals surface area contributed by atoms with Gasteiger partial charge in [0, 0.05) is 18.7 Å². The number of rotatable bonds is 2. The van der Waals surface area contributed by atoms with E-state index < -0.39 is 0 Å². The molecule has 0 atom stereocenters. The number of methoxy groups -OCH3 is 1. The molecular formula is C13H17NO2. The summed E-state index contributed by atoms with van der Waals surface area (Å²) in [6.45, 7) is 3.74. The molecule has 3 nitrogen and oxygen atoms in total. The maximum atomic E-state index is 12.1. The van der Waals surface area contributed by atoms with Gasteiger partial charge >= 0.3 is 0 Å². The van der Waals surface area contributed by atoms with Gasteiger partial charge in [-0.25, -0.2) is 0 Å². The zero-order valence-electron chi connectivity index (χ0n) is 9.82. The average molecular weight is 219 g/mol. The van der Waals surface area contributed by atoms with Gasteiger partial charge in [-0.05, 0) is 43.5 Å². The van der Waals surface area contributed by atoms with Crippen LogP contribution >= 0.6 is 0 Å².